The maximum atomic E-state index is 13.7. The van der Waals surface area contributed by atoms with Crippen molar-refractivity contribution in [2.24, 2.45) is 0 Å². The molecular weight excluding hydrogens is 223 g/mol. The van der Waals surface area contributed by atoms with E-state index in [1.165, 1.54) is 13.2 Å². The summed E-state index contributed by atoms with van der Waals surface area (Å²) < 4.78 is 23.7. The second kappa shape index (κ2) is 5.47. The SMILES string of the molecule is COCc1cc(OC)c(F)cc1C(C)(C)CO. The van der Waals surface area contributed by atoms with Crippen molar-refractivity contribution in [3.63, 3.8) is 0 Å². The Labute approximate surface area is 101 Å². The smallest absolute Gasteiger partial charge is 0.165 e. The third kappa shape index (κ3) is 2.96. The minimum Gasteiger partial charge on any atom is -0.494 e. The van der Waals surface area contributed by atoms with Crippen LogP contribution in [0.4, 0.5) is 4.39 Å². The molecule has 0 aliphatic rings. The Morgan fingerprint density at radius 3 is 2.41 bits per heavy atom. The summed E-state index contributed by atoms with van der Waals surface area (Å²) in [7, 11) is 3.00. The van der Waals surface area contributed by atoms with Crippen molar-refractivity contribution >= 4 is 0 Å². The first-order valence-corrected chi connectivity index (χ1v) is 5.43. The molecule has 17 heavy (non-hydrogen) atoms. The van der Waals surface area contributed by atoms with Crippen molar-refractivity contribution in [2.45, 2.75) is 25.9 Å². The van der Waals surface area contributed by atoms with Crippen molar-refractivity contribution in [2.75, 3.05) is 20.8 Å². The number of rotatable bonds is 5. The van der Waals surface area contributed by atoms with Gasteiger partial charge in [-0.1, -0.05) is 13.8 Å². The average Bonchev–Trinajstić information content (AvgIpc) is 2.31. The summed E-state index contributed by atoms with van der Waals surface area (Å²) in [6, 6.07) is 3.02. The highest BCUT2D eigenvalue weighted by atomic mass is 19.1. The first-order valence-electron chi connectivity index (χ1n) is 5.43. The lowest BCUT2D eigenvalue weighted by atomic mass is 9.82. The van der Waals surface area contributed by atoms with Crippen molar-refractivity contribution in [3.8, 4) is 5.75 Å². The highest BCUT2D eigenvalue weighted by Crippen LogP contribution is 2.31. The van der Waals surface area contributed by atoms with E-state index >= 15 is 0 Å². The van der Waals surface area contributed by atoms with Gasteiger partial charge in [0.15, 0.2) is 11.6 Å². The number of methoxy groups -OCH3 is 2. The number of aliphatic hydroxyl groups is 1. The van der Waals surface area contributed by atoms with E-state index in [1.807, 2.05) is 13.8 Å². The third-order valence-corrected chi connectivity index (χ3v) is 2.80. The van der Waals surface area contributed by atoms with Crippen LogP contribution in [0.1, 0.15) is 25.0 Å². The highest BCUT2D eigenvalue weighted by Gasteiger charge is 2.24. The molecule has 1 aromatic carbocycles. The fraction of sp³-hybridized carbons (Fsp3) is 0.538. The van der Waals surface area contributed by atoms with Crippen LogP contribution in [0.3, 0.4) is 0 Å². The van der Waals surface area contributed by atoms with Gasteiger partial charge in [-0.05, 0) is 23.3 Å². The number of benzene rings is 1. The Kier molecular flexibility index (Phi) is 4.48. The normalized spacial score (nSPS) is 11.6. The molecule has 0 unspecified atom stereocenters. The fourth-order valence-corrected chi connectivity index (χ4v) is 1.74. The number of halogens is 1. The zero-order chi connectivity index (χ0) is 13.1. The number of ether oxygens (including phenoxy) is 2. The second-order valence-electron chi connectivity index (χ2n) is 4.62. The molecule has 0 aliphatic carbocycles. The van der Waals surface area contributed by atoms with Gasteiger partial charge in [0, 0.05) is 12.5 Å². The van der Waals surface area contributed by atoms with Gasteiger partial charge in [-0.15, -0.1) is 0 Å². The van der Waals surface area contributed by atoms with E-state index in [2.05, 4.69) is 0 Å². The Balaban J connectivity index is 3.32. The number of hydrogen-bond donors (Lipinski definition) is 1. The van der Waals surface area contributed by atoms with Crippen LogP contribution in [0.25, 0.3) is 0 Å². The van der Waals surface area contributed by atoms with Crippen LogP contribution in [-0.2, 0) is 16.8 Å². The number of hydrogen-bond acceptors (Lipinski definition) is 3. The molecule has 0 spiro atoms. The van der Waals surface area contributed by atoms with Gasteiger partial charge < -0.3 is 14.6 Å². The molecule has 3 nitrogen and oxygen atoms in total. The first-order chi connectivity index (χ1) is 7.96. The van der Waals surface area contributed by atoms with Crippen molar-refractivity contribution in [1.82, 2.24) is 0 Å². The molecule has 1 aromatic rings. The summed E-state index contributed by atoms with van der Waals surface area (Å²) in [5.41, 5.74) is 1.05. The molecule has 0 radical (unpaired) electrons. The van der Waals surface area contributed by atoms with Gasteiger partial charge in [-0.2, -0.15) is 0 Å². The molecular formula is C13H19FO3. The van der Waals surface area contributed by atoms with Gasteiger partial charge in [-0.3, -0.25) is 0 Å². The van der Waals surface area contributed by atoms with E-state index in [-0.39, 0.29) is 12.4 Å². The Bertz CT molecular complexity index is 388. The lowest BCUT2D eigenvalue weighted by Gasteiger charge is -2.26. The van der Waals surface area contributed by atoms with E-state index in [4.69, 9.17) is 9.47 Å². The maximum Gasteiger partial charge on any atom is 0.165 e. The third-order valence-electron chi connectivity index (χ3n) is 2.80. The monoisotopic (exact) mass is 242 g/mol. The standard InChI is InChI=1S/C13H19FO3/c1-13(2,8-15)10-6-11(14)12(17-4)5-9(10)7-16-3/h5-6,15H,7-8H2,1-4H3. The fourth-order valence-electron chi connectivity index (χ4n) is 1.74. The summed E-state index contributed by atoms with van der Waals surface area (Å²) in [6.45, 7) is 4.01. The van der Waals surface area contributed by atoms with E-state index in [0.717, 1.165) is 11.1 Å². The minimum atomic E-state index is -0.513. The molecule has 1 rings (SSSR count). The van der Waals surface area contributed by atoms with E-state index in [1.54, 1.807) is 13.2 Å². The second-order valence-corrected chi connectivity index (χ2v) is 4.62. The molecule has 0 aliphatic heterocycles. The van der Waals surface area contributed by atoms with Crippen LogP contribution in [0.15, 0.2) is 12.1 Å². The highest BCUT2D eigenvalue weighted by molar-refractivity contribution is 5.40. The molecule has 0 fully saturated rings. The Morgan fingerprint density at radius 2 is 1.94 bits per heavy atom. The van der Waals surface area contributed by atoms with Crippen molar-refractivity contribution in [3.05, 3.63) is 29.1 Å². The van der Waals surface area contributed by atoms with Crippen LogP contribution in [-0.4, -0.2) is 25.9 Å². The first kappa shape index (κ1) is 13.9. The molecule has 0 atom stereocenters. The summed E-state index contributed by atoms with van der Waals surface area (Å²) in [5, 5.41) is 9.36. The van der Waals surface area contributed by atoms with Crippen molar-refractivity contribution in [1.29, 1.82) is 0 Å². The molecule has 0 saturated carbocycles. The van der Waals surface area contributed by atoms with Gasteiger partial charge in [0.25, 0.3) is 0 Å². The zero-order valence-electron chi connectivity index (χ0n) is 10.7. The zero-order valence-corrected chi connectivity index (χ0v) is 10.7. The predicted molar refractivity (Wildman–Crippen MR) is 63.8 cm³/mol. The van der Waals surface area contributed by atoms with Crippen LogP contribution in [0, 0.1) is 5.82 Å². The van der Waals surface area contributed by atoms with E-state index in [9.17, 15) is 9.50 Å². The van der Waals surface area contributed by atoms with Gasteiger partial charge in [0.1, 0.15) is 0 Å². The van der Waals surface area contributed by atoms with E-state index < -0.39 is 11.2 Å². The molecule has 0 aromatic heterocycles. The quantitative estimate of drug-likeness (QED) is 0.860. The molecule has 0 bridgehead atoms. The topological polar surface area (TPSA) is 38.7 Å². The molecule has 96 valence electrons. The largest absolute Gasteiger partial charge is 0.494 e. The molecule has 0 saturated heterocycles. The van der Waals surface area contributed by atoms with Crippen LogP contribution in [0.5, 0.6) is 5.75 Å². The summed E-state index contributed by atoms with van der Waals surface area (Å²) >= 11 is 0. The molecule has 1 N–H and O–H groups in total. The van der Waals surface area contributed by atoms with Crippen LogP contribution >= 0.6 is 0 Å². The van der Waals surface area contributed by atoms with Gasteiger partial charge in [0.05, 0.1) is 20.3 Å². The summed E-state index contributed by atoms with van der Waals surface area (Å²) in [4.78, 5) is 0. The van der Waals surface area contributed by atoms with Crippen LogP contribution in [0.2, 0.25) is 0 Å². The van der Waals surface area contributed by atoms with Gasteiger partial charge >= 0.3 is 0 Å². The maximum absolute atomic E-state index is 13.7. The summed E-state index contributed by atoms with van der Waals surface area (Å²) in [5.74, 6) is -0.238. The predicted octanol–water partition coefficient (Wildman–Crippen LogP) is 2.25. The average molecular weight is 242 g/mol. The minimum absolute atomic E-state index is 0.0600. The summed E-state index contributed by atoms with van der Waals surface area (Å²) in [6.07, 6.45) is 0. The van der Waals surface area contributed by atoms with E-state index in [0.29, 0.717) is 6.61 Å². The van der Waals surface area contributed by atoms with Crippen LogP contribution < -0.4 is 4.74 Å². The Hall–Kier alpha value is -1.13. The molecule has 0 heterocycles. The van der Waals surface area contributed by atoms with Crippen molar-refractivity contribution < 1.29 is 19.0 Å². The Morgan fingerprint density at radius 1 is 1.29 bits per heavy atom. The number of aliphatic hydroxyl groups excluding tert-OH is 1. The lowest BCUT2D eigenvalue weighted by Crippen LogP contribution is -2.24. The lowest BCUT2D eigenvalue weighted by molar-refractivity contribution is 0.177. The van der Waals surface area contributed by atoms with Gasteiger partial charge in [-0.25, -0.2) is 4.39 Å². The molecule has 0 amide bonds. The van der Waals surface area contributed by atoms with Gasteiger partial charge in [0.2, 0.25) is 0 Å². The molecule has 4 heteroatoms.